The third-order valence-corrected chi connectivity index (χ3v) is 1.73. The Balaban J connectivity index is 2.98. The normalized spacial score (nSPS) is 9.56. The SMILES string of the molecule is O=C(Cl)c1csc(F)c1. The summed E-state index contributed by atoms with van der Waals surface area (Å²) in [6.45, 7) is 0. The molecular weight excluding hydrogens is 163 g/mol. The van der Waals surface area contributed by atoms with E-state index in [9.17, 15) is 9.18 Å². The van der Waals surface area contributed by atoms with Crippen LogP contribution in [0.5, 0.6) is 0 Å². The minimum absolute atomic E-state index is 0.221. The molecule has 0 saturated heterocycles. The molecule has 48 valence electrons. The first kappa shape index (κ1) is 6.71. The van der Waals surface area contributed by atoms with Gasteiger partial charge in [-0.25, -0.2) is 0 Å². The number of carbonyl (C=O) groups is 1. The molecule has 1 aromatic rings. The average Bonchev–Trinajstić information content (AvgIpc) is 2.14. The molecule has 1 aromatic heterocycles. The Morgan fingerprint density at radius 1 is 1.78 bits per heavy atom. The van der Waals surface area contributed by atoms with Crippen molar-refractivity contribution in [1.82, 2.24) is 0 Å². The molecule has 0 atom stereocenters. The van der Waals surface area contributed by atoms with Crippen molar-refractivity contribution in [1.29, 1.82) is 0 Å². The predicted octanol–water partition coefficient (Wildman–Crippen LogP) is 2.27. The molecule has 0 aliphatic rings. The topological polar surface area (TPSA) is 17.1 Å². The monoisotopic (exact) mass is 164 g/mol. The van der Waals surface area contributed by atoms with Crippen LogP contribution < -0.4 is 0 Å². The molecule has 0 N–H and O–H groups in total. The van der Waals surface area contributed by atoms with Crippen molar-refractivity contribution >= 4 is 28.2 Å². The van der Waals surface area contributed by atoms with Gasteiger partial charge in [-0.3, -0.25) is 4.79 Å². The summed E-state index contributed by atoms with van der Waals surface area (Å²) in [6, 6.07) is 1.11. The smallest absolute Gasteiger partial charge is 0.253 e. The number of hydrogen-bond acceptors (Lipinski definition) is 2. The number of thiophene rings is 1. The van der Waals surface area contributed by atoms with E-state index in [1.54, 1.807) is 0 Å². The Morgan fingerprint density at radius 3 is 2.67 bits per heavy atom. The highest BCUT2D eigenvalue weighted by molar-refractivity contribution is 7.08. The first-order valence-electron chi connectivity index (χ1n) is 2.14. The summed E-state index contributed by atoms with van der Waals surface area (Å²) in [5.74, 6) is 0. The fourth-order valence-corrected chi connectivity index (χ4v) is 1.20. The van der Waals surface area contributed by atoms with E-state index in [0.29, 0.717) is 0 Å². The minimum Gasteiger partial charge on any atom is -0.276 e. The Bertz CT molecular complexity index is 233. The molecule has 0 bridgehead atoms. The number of hydrogen-bond donors (Lipinski definition) is 0. The van der Waals surface area contributed by atoms with Gasteiger partial charge >= 0.3 is 0 Å². The van der Waals surface area contributed by atoms with Crippen LogP contribution >= 0.6 is 22.9 Å². The summed E-state index contributed by atoms with van der Waals surface area (Å²) in [5.41, 5.74) is 0.221. The van der Waals surface area contributed by atoms with Crippen molar-refractivity contribution in [3.8, 4) is 0 Å². The molecule has 1 rings (SSSR count). The van der Waals surface area contributed by atoms with Gasteiger partial charge in [0.1, 0.15) is 0 Å². The fourth-order valence-electron chi connectivity index (χ4n) is 0.413. The fraction of sp³-hybridized carbons (Fsp3) is 0. The highest BCUT2D eigenvalue weighted by Gasteiger charge is 2.03. The highest BCUT2D eigenvalue weighted by Crippen LogP contribution is 2.13. The summed E-state index contributed by atoms with van der Waals surface area (Å²) in [7, 11) is 0. The van der Waals surface area contributed by atoms with Gasteiger partial charge in [0.2, 0.25) is 0 Å². The van der Waals surface area contributed by atoms with Crippen molar-refractivity contribution in [2.45, 2.75) is 0 Å². The summed E-state index contributed by atoms with van der Waals surface area (Å²) >= 11 is 5.88. The van der Waals surface area contributed by atoms with Gasteiger partial charge < -0.3 is 0 Å². The average molecular weight is 165 g/mol. The van der Waals surface area contributed by atoms with Gasteiger partial charge in [0, 0.05) is 10.9 Å². The lowest BCUT2D eigenvalue weighted by atomic mass is 10.4. The lowest BCUT2D eigenvalue weighted by Gasteiger charge is -1.77. The first-order chi connectivity index (χ1) is 4.20. The largest absolute Gasteiger partial charge is 0.276 e. The molecule has 0 spiro atoms. The number of carbonyl (C=O) groups excluding carboxylic acids is 1. The van der Waals surface area contributed by atoms with Crippen molar-refractivity contribution in [2.24, 2.45) is 0 Å². The molecule has 1 nitrogen and oxygen atoms in total. The van der Waals surface area contributed by atoms with Gasteiger partial charge in [-0.05, 0) is 17.7 Å². The molecule has 0 fully saturated rings. The second-order valence-electron chi connectivity index (χ2n) is 1.41. The van der Waals surface area contributed by atoms with E-state index in [1.807, 2.05) is 0 Å². The van der Waals surface area contributed by atoms with Gasteiger partial charge in [-0.15, -0.1) is 11.3 Å². The van der Waals surface area contributed by atoms with Crippen LogP contribution in [0, 0.1) is 5.13 Å². The zero-order valence-electron chi connectivity index (χ0n) is 4.23. The van der Waals surface area contributed by atoms with Crippen molar-refractivity contribution in [3.05, 3.63) is 22.1 Å². The van der Waals surface area contributed by atoms with Crippen LogP contribution in [0.2, 0.25) is 0 Å². The third-order valence-electron chi connectivity index (χ3n) is 0.794. The highest BCUT2D eigenvalue weighted by atomic mass is 35.5. The molecule has 0 aliphatic carbocycles. The molecule has 0 unspecified atom stereocenters. The van der Waals surface area contributed by atoms with Crippen molar-refractivity contribution in [2.75, 3.05) is 0 Å². The van der Waals surface area contributed by atoms with E-state index in [2.05, 4.69) is 0 Å². The molecule has 4 heteroatoms. The summed E-state index contributed by atoms with van der Waals surface area (Å²) in [5, 5.41) is 0.374. The van der Waals surface area contributed by atoms with Crippen LogP contribution in [0.25, 0.3) is 0 Å². The van der Waals surface area contributed by atoms with Gasteiger partial charge in [0.15, 0.2) is 5.13 Å². The zero-order chi connectivity index (χ0) is 6.85. The maximum absolute atomic E-state index is 12.1. The Hall–Kier alpha value is -0.410. The zero-order valence-corrected chi connectivity index (χ0v) is 5.80. The molecular formula is C5H2ClFOS. The van der Waals surface area contributed by atoms with E-state index in [-0.39, 0.29) is 10.7 Å². The van der Waals surface area contributed by atoms with Crippen LogP contribution in [0.1, 0.15) is 10.4 Å². The van der Waals surface area contributed by atoms with Gasteiger partial charge in [0.25, 0.3) is 5.24 Å². The van der Waals surface area contributed by atoms with E-state index < -0.39 is 5.24 Å². The van der Waals surface area contributed by atoms with Crippen LogP contribution in [0.4, 0.5) is 4.39 Å². The molecule has 9 heavy (non-hydrogen) atoms. The molecule has 0 aromatic carbocycles. The maximum atomic E-state index is 12.1. The van der Waals surface area contributed by atoms with Crippen LogP contribution in [-0.2, 0) is 0 Å². The second kappa shape index (κ2) is 2.45. The second-order valence-corrected chi connectivity index (χ2v) is 2.62. The first-order valence-corrected chi connectivity index (χ1v) is 3.40. The van der Waals surface area contributed by atoms with E-state index in [0.717, 1.165) is 17.4 Å². The molecule has 0 amide bonds. The van der Waals surface area contributed by atoms with Gasteiger partial charge in [0.05, 0.1) is 0 Å². The van der Waals surface area contributed by atoms with Crippen molar-refractivity contribution < 1.29 is 9.18 Å². The van der Waals surface area contributed by atoms with Crippen LogP contribution in [0.3, 0.4) is 0 Å². The minimum atomic E-state index is -0.616. The molecule has 0 saturated carbocycles. The van der Waals surface area contributed by atoms with E-state index >= 15 is 0 Å². The summed E-state index contributed by atoms with van der Waals surface area (Å²) < 4.78 is 12.1. The van der Waals surface area contributed by atoms with Gasteiger partial charge in [-0.1, -0.05) is 0 Å². The lowest BCUT2D eigenvalue weighted by molar-refractivity contribution is 0.108. The standard InChI is InChI=1S/C5H2ClFOS/c6-5(8)3-1-4(7)9-2-3/h1-2H. The Kier molecular flexibility index (Phi) is 1.83. The number of rotatable bonds is 1. The number of halogens is 2. The Morgan fingerprint density at radius 2 is 2.44 bits per heavy atom. The third kappa shape index (κ3) is 1.50. The lowest BCUT2D eigenvalue weighted by Crippen LogP contribution is -1.81. The quantitative estimate of drug-likeness (QED) is 0.582. The van der Waals surface area contributed by atoms with Crippen molar-refractivity contribution in [3.63, 3.8) is 0 Å². The molecule has 0 aliphatic heterocycles. The van der Waals surface area contributed by atoms with Crippen LogP contribution in [0.15, 0.2) is 11.4 Å². The summed E-state index contributed by atoms with van der Waals surface area (Å²) in [4.78, 5) is 10.3. The molecule has 1 heterocycles. The van der Waals surface area contributed by atoms with E-state index in [4.69, 9.17) is 11.6 Å². The van der Waals surface area contributed by atoms with E-state index in [1.165, 1.54) is 5.38 Å². The summed E-state index contributed by atoms with van der Waals surface area (Å²) in [6.07, 6.45) is 0. The Labute approximate surface area is 60.1 Å². The maximum Gasteiger partial charge on any atom is 0.253 e. The predicted molar refractivity (Wildman–Crippen MR) is 34.5 cm³/mol. The molecule has 0 radical (unpaired) electrons. The van der Waals surface area contributed by atoms with Gasteiger partial charge in [-0.2, -0.15) is 4.39 Å². The van der Waals surface area contributed by atoms with Crippen LogP contribution in [-0.4, -0.2) is 5.24 Å².